The molecule has 0 atom stereocenters. The number of para-hydroxylation sites is 2. The fourth-order valence-electron chi connectivity index (χ4n) is 3.66. The molecule has 0 aliphatic carbocycles. The zero-order chi connectivity index (χ0) is 20.5. The van der Waals surface area contributed by atoms with Crippen molar-refractivity contribution in [3.63, 3.8) is 0 Å². The Morgan fingerprint density at radius 3 is 2.67 bits per heavy atom. The lowest BCUT2D eigenvalue weighted by Gasteiger charge is -2.29. The van der Waals surface area contributed by atoms with E-state index in [9.17, 15) is 4.79 Å². The van der Waals surface area contributed by atoms with Gasteiger partial charge in [0.25, 0.3) is 6.01 Å². The summed E-state index contributed by atoms with van der Waals surface area (Å²) in [6.45, 7) is 1.46. The van der Waals surface area contributed by atoms with Gasteiger partial charge in [0.15, 0.2) is 10.7 Å². The Balaban J connectivity index is 1.21. The van der Waals surface area contributed by atoms with Crippen molar-refractivity contribution in [2.75, 3.05) is 23.3 Å². The Morgan fingerprint density at radius 1 is 1.10 bits per heavy atom. The third-order valence-electron chi connectivity index (χ3n) is 5.30. The van der Waals surface area contributed by atoms with Crippen molar-refractivity contribution in [3.8, 4) is 11.3 Å². The van der Waals surface area contributed by atoms with Gasteiger partial charge in [-0.15, -0.1) is 11.3 Å². The fourth-order valence-corrected chi connectivity index (χ4v) is 4.61. The van der Waals surface area contributed by atoms with Crippen LogP contribution in [0, 0.1) is 5.92 Å². The SMILES string of the molecule is O=C(Nc1nc(-c2ccccc2Cl)cs1)C1CCN(c2nc3ccccc3o2)CC1. The van der Waals surface area contributed by atoms with Crippen molar-refractivity contribution in [3.05, 3.63) is 58.9 Å². The maximum absolute atomic E-state index is 12.7. The molecular formula is C22H19ClN4O2S. The average molecular weight is 439 g/mol. The third-order valence-corrected chi connectivity index (χ3v) is 6.39. The van der Waals surface area contributed by atoms with Gasteiger partial charge in [-0.1, -0.05) is 41.9 Å². The number of nitrogens with one attached hydrogen (secondary N) is 1. The van der Waals surface area contributed by atoms with Crippen molar-refractivity contribution in [2.24, 2.45) is 5.92 Å². The number of amides is 1. The van der Waals surface area contributed by atoms with Gasteiger partial charge < -0.3 is 14.6 Å². The summed E-state index contributed by atoms with van der Waals surface area (Å²) in [4.78, 5) is 23.9. The number of hydrogen-bond donors (Lipinski definition) is 1. The first-order valence-electron chi connectivity index (χ1n) is 9.79. The summed E-state index contributed by atoms with van der Waals surface area (Å²) < 4.78 is 5.85. The number of carbonyl (C=O) groups is 1. The molecule has 30 heavy (non-hydrogen) atoms. The van der Waals surface area contributed by atoms with Crippen LogP contribution in [-0.2, 0) is 4.79 Å². The van der Waals surface area contributed by atoms with Crippen molar-refractivity contribution >= 4 is 51.1 Å². The Hall–Kier alpha value is -2.90. The minimum Gasteiger partial charge on any atom is -0.423 e. The second-order valence-electron chi connectivity index (χ2n) is 7.23. The molecule has 0 saturated carbocycles. The summed E-state index contributed by atoms with van der Waals surface area (Å²) in [7, 11) is 0. The predicted octanol–water partition coefficient (Wildman–Crippen LogP) is 5.46. The second kappa shape index (κ2) is 8.08. The lowest BCUT2D eigenvalue weighted by atomic mass is 9.96. The van der Waals surface area contributed by atoms with Crippen molar-refractivity contribution in [2.45, 2.75) is 12.8 Å². The molecule has 1 N–H and O–H groups in total. The predicted molar refractivity (Wildman–Crippen MR) is 120 cm³/mol. The summed E-state index contributed by atoms with van der Waals surface area (Å²) in [5.74, 6) is -0.0504. The van der Waals surface area contributed by atoms with Gasteiger partial charge in [0.1, 0.15) is 5.52 Å². The zero-order valence-electron chi connectivity index (χ0n) is 16.0. The highest BCUT2D eigenvalue weighted by molar-refractivity contribution is 7.14. The van der Waals surface area contributed by atoms with Gasteiger partial charge in [0, 0.05) is 35.0 Å². The number of halogens is 1. The van der Waals surface area contributed by atoms with Crippen molar-refractivity contribution in [1.82, 2.24) is 9.97 Å². The minimum absolute atomic E-state index is 0.00674. The van der Waals surface area contributed by atoms with Crippen LogP contribution in [0.1, 0.15) is 12.8 Å². The van der Waals surface area contributed by atoms with Gasteiger partial charge in [0.05, 0.1) is 5.69 Å². The fraction of sp³-hybridized carbons (Fsp3) is 0.227. The van der Waals surface area contributed by atoms with Crippen molar-refractivity contribution < 1.29 is 9.21 Å². The molecule has 3 heterocycles. The third kappa shape index (κ3) is 3.78. The van der Waals surface area contributed by atoms with E-state index in [-0.39, 0.29) is 11.8 Å². The first-order valence-corrected chi connectivity index (χ1v) is 11.0. The largest absolute Gasteiger partial charge is 0.423 e. The van der Waals surface area contributed by atoms with Crippen LogP contribution in [0.5, 0.6) is 0 Å². The monoisotopic (exact) mass is 438 g/mol. The molecule has 6 nitrogen and oxygen atoms in total. The van der Waals surface area contributed by atoms with Gasteiger partial charge in [-0.3, -0.25) is 4.79 Å². The number of rotatable bonds is 4. The number of hydrogen-bond acceptors (Lipinski definition) is 6. The maximum Gasteiger partial charge on any atom is 0.298 e. The highest BCUT2D eigenvalue weighted by Gasteiger charge is 2.27. The van der Waals surface area contributed by atoms with E-state index in [1.54, 1.807) is 0 Å². The van der Waals surface area contributed by atoms with Crippen LogP contribution in [0.4, 0.5) is 11.1 Å². The van der Waals surface area contributed by atoms with E-state index < -0.39 is 0 Å². The van der Waals surface area contributed by atoms with E-state index >= 15 is 0 Å². The Morgan fingerprint density at radius 2 is 1.87 bits per heavy atom. The first kappa shape index (κ1) is 19.1. The van der Waals surface area contributed by atoms with Gasteiger partial charge >= 0.3 is 0 Å². The molecule has 1 fully saturated rings. The molecule has 0 unspecified atom stereocenters. The van der Waals surface area contributed by atoms with Gasteiger partial charge in [0.2, 0.25) is 5.91 Å². The first-order chi connectivity index (χ1) is 14.7. The lowest BCUT2D eigenvalue weighted by Crippen LogP contribution is -2.38. The van der Waals surface area contributed by atoms with E-state index in [1.165, 1.54) is 11.3 Å². The summed E-state index contributed by atoms with van der Waals surface area (Å²) in [5, 5.41) is 6.11. The molecule has 2 aromatic heterocycles. The quantitative estimate of drug-likeness (QED) is 0.458. The summed E-state index contributed by atoms with van der Waals surface area (Å²) in [6.07, 6.45) is 1.49. The molecule has 1 amide bonds. The molecule has 1 aliphatic heterocycles. The lowest BCUT2D eigenvalue weighted by molar-refractivity contribution is -0.120. The summed E-state index contributed by atoms with van der Waals surface area (Å²) >= 11 is 7.65. The normalized spacial score (nSPS) is 14.9. The summed E-state index contributed by atoms with van der Waals surface area (Å²) in [5.41, 5.74) is 3.27. The number of carbonyl (C=O) groups excluding carboxylic acids is 1. The second-order valence-corrected chi connectivity index (χ2v) is 8.50. The molecule has 0 spiro atoms. The highest BCUT2D eigenvalue weighted by Crippen LogP contribution is 2.31. The summed E-state index contributed by atoms with van der Waals surface area (Å²) in [6, 6.07) is 15.9. The van der Waals surface area contributed by atoms with Crippen LogP contribution < -0.4 is 10.2 Å². The minimum atomic E-state index is -0.0571. The smallest absolute Gasteiger partial charge is 0.298 e. The van der Waals surface area contributed by atoms with Gasteiger partial charge in [-0.25, -0.2) is 4.98 Å². The Bertz CT molecular complexity index is 1160. The van der Waals surface area contributed by atoms with Gasteiger partial charge in [-0.2, -0.15) is 4.98 Å². The molecule has 4 aromatic rings. The van der Waals surface area contributed by atoms with Crippen molar-refractivity contribution in [1.29, 1.82) is 0 Å². The standard InChI is InChI=1S/C22H19ClN4O2S/c23-16-6-2-1-5-15(16)18-13-30-21(24-18)26-20(28)14-9-11-27(12-10-14)22-25-17-7-3-4-8-19(17)29-22/h1-8,13-14H,9-12H2,(H,24,26,28). The number of oxazole rings is 1. The molecule has 5 rings (SSSR count). The molecule has 1 saturated heterocycles. The maximum atomic E-state index is 12.7. The molecule has 0 bridgehead atoms. The number of anilines is 2. The molecule has 8 heteroatoms. The number of aromatic nitrogens is 2. The number of benzene rings is 2. The zero-order valence-corrected chi connectivity index (χ0v) is 17.6. The number of thiazole rings is 1. The molecule has 0 radical (unpaired) electrons. The number of piperidine rings is 1. The van der Waals surface area contributed by atoms with Crippen LogP contribution >= 0.6 is 22.9 Å². The van der Waals surface area contributed by atoms with E-state index in [4.69, 9.17) is 16.0 Å². The van der Waals surface area contributed by atoms with Crippen LogP contribution in [0.15, 0.2) is 58.3 Å². The average Bonchev–Trinajstić information content (AvgIpc) is 3.41. The van der Waals surface area contributed by atoms with Crippen LogP contribution in [-0.4, -0.2) is 29.0 Å². The van der Waals surface area contributed by atoms with E-state index in [0.29, 0.717) is 16.2 Å². The molecule has 152 valence electrons. The van der Waals surface area contributed by atoms with Crippen LogP contribution in [0.25, 0.3) is 22.4 Å². The van der Waals surface area contributed by atoms with E-state index in [1.807, 2.05) is 53.9 Å². The topological polar surface area (TPSA) is 71.3 Å². The molecule has 2 aromatic carbocycles. The Kier molecular flexibility index (Phi) is 5.14. The molecular weight excluding hydrogens is 420 g/mol. The Labute approximate surface area is 182 Å². The molecule has 1 aliphatic rings. The highest BCUT2D eigenvalue weighted by atomic mass is 35.5. The van der Waals surface area contributed by atoms with Crippen LogP contribution in [0.2, 0.25) is 5.02 Å². The van der Waals surface area contributed by atoms with Gasteiger partial charge in [-0.05, 0) is 31.0 Å². The number of nitrogens with zero attached hydrogens (tertiary/aromatic N) is 3. The van der Waals surface area contributed by atoms with Crippen LogP contribution in [0.3, 0.4) is 0 Å². The number of fused-ring (bicyclic) bond motifs is 1. The van der Waals surface area contributed by atoms with E-state index in [0.717, 1.165) is 48.3 Å². The van der Waals surface area contributed by atoms with E-state index in [2.05, 4.69) is 20.2 Å².